The van der Waals surface area contributed by atoms with Crippen LogP contribution in [-0.4, -0.2) is 31.6 Å². The van der Waals surface area contributed by atoms with Gasteiger partial charge in [0.25, 0.3) is 5.91 Å². The van der Waals surface area contributed by atoms with Crippen LogP contribution in [0.2, 0.25) is 0 Å². The van der Waals surface area contributed by atoms with Crippen LogP contribution in [0.4, 0.5) is 10.5 Å². The second-order valence-electron chi connectivity index (χ2n) is 7.22. The van der Waals surface area contributed by atoms with E-state index < -0.39 is 18.0 Å². The summed E-state index contributed by atoms with van der Waals surface area (Å²) in [6, 6.07) is 11.5. The van der Waals surface area contributed by atoms with E-state index in [1.54, 1.807) is 31.2 Å². The Labute approximate surface area is 180 Å². The Kier molecular flexibility index (Phi) is 6.59. The van der Waals surface area contributed by atoms with Gasteiger partial charge in [0, 0.05) is 11.4 Å². The van der Waals surface area contributed by atoms with Crippen molar-refractivity contribution in [1.82, 2.24) is 10.6 Å². The number of benzene rings is 2. The Balaban J connectivity index is 1.66. The van der Waals surface area contributed by atoms with Crippen molar-refractivity contribution in [3.63, 3.8) is 0 Å². The molecule has 2 aromatic carbocycles. The van der Waals surface area contributed by atoms with Gasteiger partial charge in [-0.3, -0.25) is 4.79 Å². The molecule has 3 rings (SSSR count). The van der Waals surface area contributed by atoms with Gasteiger partial charge in [-0.1, -0.05) is 24.3 Å². The summed E-state index contributed by atoms with van der Waals surface area (Å²) in [5, 5.41) is 8.14. The number of carbonyl (C=O) groups excluding carboxylic acids is 3. The van der Waals surface area contributed by atoms with Crippen molar-refractivity contribution in [3.8, 4) is 5.75 Å². The average molecular weight is 423 g/mol. The number of esters is 1. The van der Waals surface area contributed by atoms with Gasteiger partial charge in [0.15, 0.2) is 6.61 Å². The van der Waals surface area contributed by atoms with E-state index in [2.05, 4.69) is 16.0 Å². The number of carbonyl (C=O) groups is 3. The molecule has 31 heavy (non-hydrogen) atoms. The molecule has 8 nitrogen and oxygen atoms in total. The predicted octanol–water partition coefficient (Wildman–Crippen LogP) is 3.12. The van der Waals surface area contributed by atoms with Crippen molar-refractivity contribution in [3.05, 3.63) is 70.4 Å². The number of methoxy groups -OCH3 is 1. The van der Waals surface area contributed by atoms with Gasteiger partial charge >= 0.3 is 12.0 Å². The minimum atomic E-state index is -0.650. The first kappa shape index (κ1) is 21.9. The Morgan fingerprint density at radius 1 is 1.06 bits per heavy atom. The summed E-state index contributed by atoms with van der Waals surface area (Å²) in [6.07, 6.45) is 0. The van der Waals surface area contributed by atoms with Gasteiger partial charge < -0.3 is 25.4 Å². The van der Waals surface area contributed by atoms with E-state index in [0.717, 1.165) is 16.8 Å². The van der Waals surface area contributed by atoms with Gasteiger partial charge in [-0.05, 0) is 55.7 Å². The largest absolute Gasteiger partial charge is 0.484 e. The molecular formula is C23H25N3O5. The quantitative estimate of drug-likeness (QED) is 0.619. The molecule has 1 atom stereocenters. The van der Waals surface area contributed by atoms with Crippen molar-refractivity contribution in [2.24, 2.45) is 0 Å². The third-order valence-electron chi connectivity index (χ3n) is 5.14. The second-order valence-corrected chi connectivity index (χ2v) is 7.22. The zero-order valence-electron chi connectivity index (χ0n) is 17.9. The lowest BCUT2D eigenvalue weighted by Gasteiger charge is -2.27. The Hall–Kier alpha value is -3.81. The molecule has 0 saturated carbocycles. The van der Waals surface area contributed by atoms with E-state index in [9.17, 15) is 14.4 Å². The van der Waals surface area contributed by atoms with Crippen molar-refractivity contribution < 1.29 is 23.9 Å². The molecule has 8 heteroatoms. The standard InChI is InChI=1S/C23H25N3O5/c1-13-6-5-7-18(14(13)2)25-19(27)12-31-17-10-8-16(9-11-17)21-20(22(28)30-4)15(3)24-23(29)26-21/h5-11,21H,12H2,1-4H3,(H,25,27)(H2,24,26,29)/t21-/m1/s1. The van der Waals surface area contributed by atoms with E-state index in [1.165, 1.54) is 7.11 Å². The van der Waals surface area contributed by atoms with E-state index in [1.807, 2.05) is 32.0 Å². The molecule has 0 bridgehead atoms. The molecule has 1 aliphatic heterocycles. The van der Waals surface area contributed by atoms with Crippen LogP contribution in [0.3, 0.4) is 0 Å². The number of urea groups is 1. The molecule has 1 heterocycles. The third-order valence-corrected chi connectivity index (χ3v) is 5.14. The number of rotatable bonds is 6. The van der Waals surface area contributed by atoms with Crippen molar-refractivity contribution in [1.29, 1.82) is 0 Å². The molecule has 0 fully saturated rings. The molecule has 1 aliphatic rings. The van der Waals surface area contributed by atoms with Gasteiger partial charge in [-0.25, -0.2) is 9.59 Å². The number of hydrogen-bond acceptors (Lipinski definition) is 5. The number of aryl methyl sites for hydroxylation is 1. The zero-order chi connectivity index (χ0) is 22.5. The van der Waals surface area contributed by atoms with Crippen LogP contribution in [-0.2, 0) is 14.3 Å². The lowest BCUT2D eigenvalue weighted by Crippen LogP contribution is -2.45. The maximum Gasteiger partial charge on any atom is 0.337 e. The molecule has 0 saturated heterocycles. The second kappa shape index (κ2) is 9.34. The van der Waals surface area contributed by atoms with E-state index in [-0.39, 0.29) is 12.5 Å². The summed E-state index contributed by atoms with van der Waals surface area (Å²) in [7, 11) is 1.29. The van der Waals surface area contributed by atoms with Crippen LogP contribution in [0.15, 0.2) is 53.7 Å². The summed E-state index contributed by atoms with van der Waals surface area (Å²) >= 11 is 0. The molecule has 0 aromatic heterocycles. The number of hydrogen-bond donors (Lipinski definition) is 3. The van der Waals surface area contributed by atoms with Gasteiger partial charge in [0.1, 0.15) is 5.75 Å². The third kappa shape index (κ3) is 5.03. The lowest BCUT2D eigenvalue weighted by molar-refractivity contribution is -0.136. The highest BCUT2D eigenvalue weighted by molar-refractivity contribution is 5.95. The molecule has 0 radical (unpaired) electrons. The first-order valence-electron chi connectivity index (χ1n) is 9.75. The van der Waals surface area contributed by atoms with Crippen LogP contribution < -0.4 is 20.7 Å². The zero-order valence-corrected chi connectivity index (χ0v) is 17.9. The number of amides is 3. The smallest absolute Gasteiger partial charge is 0.337 e. The number of anilines is 1. The Bertz CT molecular complexity index is 1040. The summed E-state index contributed by atoms with van der Waals surface area (Å²) in [6.45, 7) is 5.42. The van der Waals surface area contributed by atoms with E-state index >= 15 is 0 Å². The van der Waals surface area contributed by atoms with Gasteiger partial charge in [-0.15, -0.1) is 0 Å². The first-order chi connectivity index (χ1) is 14.8. The molecule has 3 N–H and O–H groups in total. The van der Waals surface area contributed by atoms with Crippen LogP contribution in [0.5, 0.6) is 5.75 Å². The molecule has 0 unspecified atom stereocenters. The number of nitrogens with one attached hydrogen (secondary N) is 3. The highest BCUT2D eigenvalue weighted by Crippen LogP contribution is 2.28. The van der Waals surface area contributed by atoms with Crippen molar-refractivity contribution >= 4 is 23.6 Å². The fraction of sp³-hybridized carbons (Fsp3) is 0.261. The Morgan fingerprint density at radius 2 is 1.77 bits per heavy atom. The highest BCUT2D eigenvalue weighted by atomic mass is 16.5. The minimum absolute atomic E-state index is 0.150. The molecule has 0 spiro atoms. The van der Waals surface area contributed by atoms with E-state index in [0.29, 0.717) is 22.6 Å². The SMILES string of the molecule is COC(=O)C1=C(C)NC(=O)N[C@@H]1c1ccc(OCC(=O)Nc2cccc(C)c2C)cc1. The molecule has 2 aromatic rings. The van der Waals surface area contributed by atoms with Crippen molar-refractivity contribution in [2.45, 2.75) is 26.8 Å². The van der Waals surface area contributed by atoms with E-state index in [4.69, 9.17) is 9.47 Å². The van der Waals surface area contributed by atoms with Gasteiger partial charge in [0.05, 0.1) is 18.7 Å². The van der Waals surface area contributed by atoms with Crippen LogP contribution in [0.25, 0.3) is 0 Å². The number of ether oxygens (including phenoxy) is 2. The van der Waals surface area contributed by atoms with Crippen molar-refractivity contribution in [2.75, 3.05) is 19.0 Å². The van der Waals surface area contributed by atoms with Crippen LogP contribution >= 0.6 is 0 Å². The summed E-state index contributed by atoms with van der Waals surface area (Å²) in [5.41, 5.74) is 4.29. The molecule has 0 aliphatic carbocycles. The first-order valence-corrected chi connectivity index (χ1v) is 9.75. The maximum absolute atomic E-state index is 12.2. The summed E-state index contributed by atoms with van der Waals surface area (Å²) in [5.74, 6) is -0.311. The molecule has 3 amide bonds. The topological polar surface area (TPSA) is 106 Å². The molecular weight excluding hydrogens is 398 g/mol. The number of allylic oxidation sites excluding steroid dienone is 1. The average Bonchev–Trinajstić information content (AvgIpc) is 2.75. The van der Waals surface area contributed by atoms with Crippen LogP contribution in [0.1, 0.15) is 29.7 Å². The lowest BCUT2D eigenvalue weighted by atomic mass is 9.95. The summed E-state index contributed by atoms with van der Waals surface area (Å²) in [4.78, 5) is 36.3. The fourth-order valence-corrected chi connectivity index (χ4v) is 3.30. The maximum atomic E-state index is 12.2. The highest BCUT2D eigenvalue weighted by Gasteiger charge is 2.31. The predicted molar refractivity (Wildman–Crippen MR) is 116 cm³/mol. The minimum Gasteiger partial charge on any atom is -0.484 e. The molecule has 162 valence electrons. The summed E-state index contributed by atoms with van der Waals surface area (Å²) < 4.78 is 10.4. The monoisotopic (exact) mass is 423 g/mol. The fourth-order valence-electron chi connectivity index (χ4n) is 3.30. The van der Waals surface area contributed by atoms with Gasteiger partial charge in [-0.2, -0.15) is 0 Å². The van der Waals surface area contributed by atoms with Gasteiger partial charge in [0.2, 0.25) is 0 Å². The normalized spacial score (nSPS) is 15.6. The Morgan fingerprint density at radius 3 is 2.45 bits per heavy atom. The van der Waals surface area contributed by atoms with Crippen LogP contribution in [0, 0.1) is 13.8 Å².